The molecule has 0 bridgehead atoms. The normalized spacial score (nSPS) is 13.5. The van der Waals surface area contributed by atoms with Crippen LogP contribution in [0.2, 0.25) is 0 Å². The van der Waals surface area contributed by atoms with Gasteiger partial charge in [0, 0.05) is 5.75 Å². The quantitative estimate of drug-likeness (QED) is 0.402. The van der Waals surface area contributed by atoms with Gasteiger partial charge in [-0.25, -0.2) is 4.79 Å². The maximum Gasteiger partial charge on any atom is 0.354 e. The summed E-state index contributed by atoms with van der Waals surface area (Å²) in [5.74, 6) is -0.358. The van der Waals surface area contributed by atoms with Crippen LogP contribution in [0, 0.1) is 0 Å². The van der Waals surface area contributed by atoms with Gasteiger partial charge in [-0.15, -0.1) is 18.3 Å². The highest BCUT2D eigenvalue weighted by Crippen LogP contribution is 2.12. The summed E-state index contributed by atoms with van der Waals surface area (Å²) in [7, 11) is 1.33. The molecular weight excluding hydrogens is 190 g/mol. The molecule has 0 heterocycles. The fourth-order valence-corrected chi connectivity index (χ4v) is 1.40. The Kier molecular flexibility index (Phi) is 6.05. The minimum atomic E-state index is -1.05. The third-order valence-electron chi connectivity index (χ3n) is 1.26. The molecule has 0 saturated carbocycles. The molecule has 0 aromatic rings. The number of thioether (sulfide) groups is 1. The lowest BCUT2D eigenvalue weighted by Gasteiger charge is -2.08. The van der Waals surface area contributed by atoms with Crippen molar-refractivity contribution in [2.75, 3.05) is 12.9 Å². The lowest BCUT2D eigenvalue weighted by Crippen LogP contribution is -2.24. The van der Waals surface area contributed by atoms with E-state index in [4.69, 9.17) is 5.11 Å². The maximum atomic E-state index is 10.6. The van der Waals surface area contributed by atoms with Crippen molar-refractivity contribution >= 4 is 23.4 Å². The van der Waals surface area contributed by atoms with Crippen LogP contribution in [-0.4, -0.2) is 34.9 Å². The lowest BCUT2D eigenvalue weighted by molar-refractivity contribution is -0.129. The summed E-state index contributed by atoms with van der Waals surface area (Å²) in [6.45, 7) is 5.31. The van der Waals surface area contributed by atoms with Crippen molar-refractivity contribution in [3.05, 3.63) is 12.7 Å². The first-order valence-electron chi connectivity index (χ1n) is 3.70. The minimum absolute atomic E-state index is 0.0225. The zero-order chi connectivity index (χ0) is 10.3. The Morgan fingerprint density at radius 2 is 2.46 bits per heavy atom. The molecule has 13 heavy (non-hydrogen) atoms. The summed E-state index contributed by atoms with van der Waals surface area (Å²) in [4.78, 5) is 15.1. The Balaban J connectivity index is 4.28. The minimum Gasteiger partial charge on any atom is -0.477 e. The Hall–Kier alpha value is -0.970. The Bertz CT molecular complexity index is 215. The van der Waals surface area contributed by atoms with Crippen LogP contribution in [0.5, 0.6) is 0 Å². The standard InChI is InChI=1S/C8H13NO3S/c1-4-5-13-6(2)7(8(10)11)9-12-3/h4,6H,1,5H2,2-3H3,(H,10,11). The SMILES string of the molecule is C=CCSC(C)C(=NOC)C(=O)O. The number of nitrogens with zero attached hydrogens (tertiary/aromatic N) is 1. The average molecular weight is 203 g/mol. The second-order valence-corrected chi connectivity index (χ2v) is 3.60. The van der Waals surface area contributed by atoms with Crippen molar-refractivity contribution in [3.63, 3.8) is 0 Å². The summed E-state index contributed by atoms with van der Waals surface area (Å²) in [6, 6.07) is 0. The van der Waals surface area contributed by atoms with Gasteiger partial charge in [0.15, 0.2) is 5.71 Å². The van der Waals surface area contributed by atoms with Crippen LogP contribution in [-0.2, 0) is 9.63 Å². The summed E-state index contributed by atoms with van der Waals surface area (Å²) in [6.07, 6.45) is 1.72. The predicted octanol–water partition coefficient (Wildman–Crippen LogP) is 1.38. The van der Waals surface area contributed by atoms with Crippen molar-refractivity contribution < 1.29 is 14.7 Å². The van der Waals surface area contributed by atoms with Crippen molar-refractivity contribution in [3.8, 4) is 0 Å². The highest BCUT2D eigenvalue weighted by molar-refractivity contribution is 8.00. The van der Waals surface area contributed by atoms with Gasteiger partial charge >= 0.3 is 5.97 Å². The van der Waals surface area contributed by atoms with Gasteiger partial charge in [0.25, 0.3) is 0 Å². The zero-order valence-corrected chi connectivity index (χ0v) is 8.50. The Morgan fingerprint density at radius 3 is 2.85 bits per heavy atom. The molecule has 0 aliphatic rings. The van der Waals surface area contributed by atoms with Gasteiger partial charge in [-0.3, -0.25) is 0 Å². The highest BCUT2D eigenvalue weighted by atomic mass is 32.2. The molecule has 0 aliphatic carbocycles. The molecule has 0 rings (SSSR count). The van der Waals surface area contributed by atoms with Crippen LogP contribution in [0.4, 0.5) is 0 Å². The number of carboxylic acid groups (broad SMARTS) is 1. The number of hydrogen-bond donors (Lipinski definition) is 1. The van der Waals surface area contributed by atoms with Gasteiger partial charge in [0.05, 0.1) is 5.25 Å². The van der Waals surface area contributed by atoms with Gasteiger partial charge in [-0.05, 0) is 6.92 Å². The van der Waals surface area contributed by atoms with Crippen molar-refractivity contribution in [1.82, 2.24) is 0 Å². The van der Waals surface area contributed by atoms with E-state index in [0.717, 1.165) is 0 Å². The summed E-state index contributed by atoms with van der Waals surface area (Å²) in [5, 5.41) is 12.0. The van der Waals surface area contributed by atoms with Gasteiger partial charge in [0.1, 0.15) is 7.11 Å². The van der Waals surface area contributed by atoms with E-state index >= 15 is 0 Å². The van der Waals surface area contributed by atoms with Gasteiger partial charge in [0.2, 0.25) is 0 Å². The molecule has 4 nitrogen and oxygen atoms in total. The number of carbonyl (C=O) groups is 1. The van der Waals surface area contributed by atoms with Gasteiger partial charge in [-0.1, -0.05) is 11.2 Å². The molecule has 0 aromatic heterocycles. The summed E-state index contributed by atoms with van der Waals surface area (Å²) < 4.78 is 0. The number of rotatable bonds is 6. The van der Waals surface area contributed by atoms with E-state index in [1.807, 2.05) is 0 Å². The molecule has 0 saturated heterocycles. The predicted molar refractivity (Wildman–Crippen MR) is 54.2 cm³/mol. The number of aliphatic carboxylic acids is 1. The second-order valence-electron chi connectivity index (χ2n) is 2.23. The van der Waals surface area contributed by atoms with Gasteiger partial charge < -0.3 is 9.94 Å². The van der Waals surface area contributed by atoms with Crippen LogP contribution >= 0.6 is 11.8 Å². The fraction of sp³-hybridized carbons (Fsp3) is 0.500. The Labute approximate surface area is 81.6 Å². The fourth-order valence-electron chi connectivity index (χ4n) is 0.677. The lowest BCUT2D eigenvalue weighted by atomic mass is 10.3. The van der Waals surface area contributed by atoms with Gasteiger partial charge in [-0.2, -0.15) is 0 Å². The van der Waals surface area contributed by atoms with Crippen LogP contribution in [0.3, 0.4) is 0 Å². The first kappa shape index (κ1) is 12.0. The van der Waals surface area contributed by atoms with Crippen LogP contribution in [0.25, 0.3) is 0 Å². The molecule has 1 atom stereocenters. The van der Waals surface area contributed by atoms with E-state index in [-0.39, 0.29) is 11.0 Å². The topological polar surface area (TPSA) is 58.9 Å². The molecule has 1 unspecified atom stereocenters. The molecule has 1 N–H and O–H groups in total. The third-order valence-corrected chi connectivity index (χ3v) is 2.41. The first-order chi connectivity index (χ1) is 6.13. The van der Waals surface area contributed by atoms with E-state index in [1.54, 1.807) is 13.0 Å². The smallest absolute Gasteiger partial charge is 0.354 e. The largest absolute Gasteiger partial charge is 0.477 e. The molecule has 0 radical (unpaired) electrons. The molecule has 5 heteroatoms. The number of carboxylic acids is 1. The molecule has 0 spiro atoms. The zero-order valence-electron chi connectivity index (χ0n) is 7.69. The molecule has 0 amide bonds. The highest BCUT2D eigenvalue weighted by Gasteiger charge is 2.18. The Morgan fingerprint density at radius 1 is 1.85 bits per heavy atom. The second kappa shape index (κ2) is 6.54. The van der Waals surface area contributed by atoms with Crippen LogP contribution < -0.4 is 0 Å². The molecule has 0 aromatic carbocycles. The molecule has 0 aliphatic heterocycles. The van der Waals surface area contributed by atoms with E-state index in [2.05, 4.69) is 16.6 Å². The van der Waals surface area contributed by atoms with E-state index in [1.165, 1.54) is 18.9 Å². The first-order valence-corrected chi connectivity index (χ1v) is 4.75. The van der Waals surface area contributed by atoms with E-state index < -0.39 is 5.97 Å². The van der Waals surface area contributed by atoms with Crippen molar-refractivity contribution in [1.29, 1.82) is 0 Å². The molecule has 0 fully saturated rings. The van der Waals surface area contributed by atoms with Crippen molar-refractivity contribution in [2.24, 2.45) is 5.16 Å². The van der Waals surface area contributed by atoms with E-state index in [9.17, 15) is 4.79 Å². The number of oxime groups is 1. The monoisotopic (exact) mass is 203 g/mol. The van der Waals surface area contributed by atoms with E-state index in [0.29, 0.717) is 5.75 Å². The summed E-state index contributed by atoms with van der Waals surface area (Å²) >= 11 is 1.44. The van der Waals surface area contributed by atoms with Crippen LogP contribution in [0.15, 0.2) is 17.8 Å². The third kappa shape index (κ3) is 4.57. The molecule has 74 valence electrons. The van der Waals surface area contributed by atoms with Crippen molar-refractivity contribution in [2.45, 2.75) is 12.2 Å². The maximum absolute atomic E-state index is 10.6. The average Bonchev–Trinajstić information content (AvgIpc) is 2.09. The molecular formula is C8H13NO3S. The summed E-state index contributed by atoms with van der Waals surface area (Å²) in [5.41, 5.74) is 0.0225. The number of hydrogen-bond acceptors (Lipinski definition) is 4. The van der Waals surface area contributed by atoms with Crippen LogP contribution in [0.1, 0.15) is 6.92 Å².